The zero-order valence-corrected chi connectivity index (χ0v) is 17.3. The summed E-state index contributed by atoms with van der Waals surface area (Å²) in [4.78, 5) is 29.8. The van der Waals surface area contributed by atoms with Crippen molar-refractivity contribution in [2.75, 3.05) is 5.75 Å². The Morgan fingerprint density at radius 2 is 1.90 bits per heavy atom. The molecule has 152 valence electrons. The van der Waals surface area contributed by atoms with Gasteiger partial charge in [0.1, 0.15) is 5.82 Å². The number of rotatable bonds is 8. The van der Waals surface area contributed by atoms with Crippen molar-refractivity contribution >= 4 is 28.6 Å². The van der Waals surface area contributed by atoms with Gasteiger partial charge in [-0.25, -0.2) is 9.37 Å². The van der Waals surface area contributed by atoms with E-state index in [0.29, 0.717) is 35.1 Å². The van der Waals surface area contributed by atoms with E-state index in [1.54, 1.807) is 22.8 Å². The van der Waals surface area contributed by atoms with E-state index in [9.17, 15) is 14.0 Å². The first-order valence-electron chi connectivity index (χ1n) is 9.57. The Balaban J connectivity index is 1.72. The number of benzene rings is 2. The fourth-order valence-electron chi connectivity index (χ4n) is 2.83. The van der Waals surface area contributed by atoms with Gasteiger partial charge in [-0.15, -0.1) is 0 Å². The summed E-state index contributed by atoms with van der Waals surface area (Å²) in [7, 11) is 0. The molecule has 1 N–H and O–H groups in total. The molecule has 3 rings (SSSR count). The average Bonchev–Trinajstić information content (AvgIpc) is 2.71. The molecule has 0 fully saturated rings. The maximum Gasteiger partial charge on any atom is 0.262 e. The van der Waals surface area contributed by atoms with Crippen LogP contribution in [0.2, 0.25) is 0 Å². The van der Waals surface area contributed by atoms with Gasteiger partial charge >= 0.3 is 0 Å². The summed E-state index contributed by atoms with van der Waals surface area (Å²) < 4.78 is 14.6. The molecule has 0 radical (unpaired) electrons. The van der Waals surface area contributed by atoms with E-state index in [-0.39, 0.29) is 23.0 Å². The maximum absolute atomic E-state index is 13.0. The van der Waals surface area contributed by atoms with Crippen molar-refractivity contribution in [1.82, 2.24) is 14.9 Å². The van der Waals surface area contributed by atoms with Gasteiger partial charge in [-0.1, -0.05) is 49.9 Å². The Kier molecular flexibility index (Phi) is 7.04. The third-order valence-electron chi connectivity index (χ3n) is 4.49. The summed E-state index contributed by atoms with van der Waals surface area (Å²) in [6.07, 6.45) is 0.851. The van der Waals surface area contributed by atoms with Gasteiger partial charge in [-0.2, -0.15) is 0 Å². The molecule has 5 nitrogen and oxygen atoms in total. The highest BCUT2D eigenvalue weighted by Crippen LogP contribution is 2.19. The lowest BCUT2D eigenvalue weighted by Crippen LogP contribution is -2.27. The van der Waals surface area contributed by atoms with Crippen molar-refractivity contribution in [3.63, 3.8) is 0 Å². The second-order valence-electron chi connectivity index (χ2n) is 7.24. The van der Waals surface area contributed by atoms with Crippen molar-refractivity contribution in [1.29, 1.82) is 0 Å². The minimum absolute atomic E-state index is 0.0783. The van der Waals surface area contributed by atoms with Gasteiger partial charge in [-0.05, 0) is 42.2 Å². The van der Waals surface area contributed by atoms with E-state index in [0.717, 1.165) is 12.0 Å². The van der Waals surface area contributed by atoms with Crippen LogP contribution in [-0.2, 0) is 17.9 Å². The van der Waals surface area contributed by atoms with Crippen LogP contribution in [0.15, 0.2) is 58.5 Å². The van der Waals surface area contributed by atoms with Crippen molar-refractivity contribution in [2.24, 2.45) is 5.92 Å². The van der Waals surface area contributed by atoms with Crippen LogP contribution in [0.1, 0.15) is 25.8 Å². The minimum Gasteiger partial charge on any atom is -0.351 e. The molecule has 3 aromatic rings. The highest BCUT2D eigenvalue weighted by atomic mass is 32.2. The normalized spacial score (nSPS) is 11.2. The van der Waals surface area contributed by atoms with Crippen molar-refractivity contribution in [3.05, 3.63) is 70.3 Å². The molecule has 0 aliphatic carbocycles. The fraction of sp³-hybridized carbons (Fsp3) is 0.318. The van der Waals surface area contributed by atoms with Gasteiger partial charge in [-0.3, -0.25) is 14.2 Å². The average molecular weight is 414 g/mol. The lowest BCUT2D eigenvalue weighted by Gasteiger charge is -2.14. The molecular formula is C22H24FN3O2S. The van der Waals surface area contributed by atoms with Gasteiger partial charge in [0.2, 0.25) is 5.91 Å². The molecule has 0 unspecified atom stereocenters. The number of hydrogen-bond donors (Lipinski definition) is 1. The number of halogens is 1. The Bertz CT molecular complexity index is 1050. The summed E-state index contributed by atoms with van der Waals surface area (Å²) in [5, 5.41) is 3.94. The first-order valence-corrected chi connectivity index (χ1v) is 10.6. The van der Waals surface area contributed by atoms with Gasteiger partial charge in [0.25, 0.3) is 5.56 Å². The number of nitrogens with zero attached hydrogens (tertiary/aromatic N) is 2. The van der Waals surface area contributed by atoms with E-state index in [4.69, 9.17) is 0 Å². The third kappa shape index (κ3) is 5.67. The maximum atomic E-state index is 13.0. The summed E-state index contributed by atoms with van der Waals surface area (Å²) in [5.41, 5.74) is 1.38. The molecule has 0 aliphatic heterocycles. The number of carbonyl (C=O) groups is 1. The Hall–Kier alpha value is -2.67. The summed E-state index contributed by atoms with van der Waals surface area (Å²) in [5.74, 6) is 0.118. The number of para-hydroxylation sites is 1. The predicted octanol–water partition coefficient (Wildman–Crippen LogP) is 3.99. The molecule has 0 spiro atoms. The van der Waals surface area contributed by atoms with Crippen LogP contribution in [-0.4, -0.2) is 21.2 Å². The standard InChI is InChI=1S/C22H24FN3O2S/c1-15(2)11-12-26-21(28)18-5-3-4-6-19(18)25-22(26)29-14-20(27)24-13-16-7-9-17(23)10-8-16/h3-10,15H,11-14H2,1-2H3,(H,24,27). The van der Waals surface area contributed by atoms with Crippen LogP contribution >= 0.6 is 11.8 Å². The van der Waals surface area contributed by atoms with Crippen LogP contribution in [0.3, 0.4) is 0 Å². The molecule has 0 saturated carbocycles. The van der Waals surface area contributed by atoms with Crippen molar-refractivity contribution < 1.29 is 9.18 Å². The Morgan fingerprint density at radius 1 is 1.17 bits per heavy atom. The third-order valence-corrected chi connectivity index (χ3v) is 5.47. The van der Waals surface area contributed by atoms with E-state index in [2.05, 4.69) is 24.1 Å². The van der Waals surface area contributed by atoms with E-state index in [1.807, 2.05) is 18.2 Å². The van der Waals surface area contributed by atoms with Crippen LogP contribution in [0.5, 0.6) is 0 Å². The second-order valence-corrected chi connectivity index (χ2v) is 8.19. The van der Waals surface area contributed by atoms with E-state index < -0.39 is 0 Å². The largest absolute Gasteiger partial charge is 0.351 e. The molecular weight excluding hydrogens is 389 g/mol. The molecule has 2 aromatic carbocycles. The van der Waals surface area contributed by atoms with Gasteiger partial charge < -0.3 is 5.32 Å². The van der Waals surface area contributed by atoms with Crippen LogP contribution in [0.4, 0.5) is 4.39 Å². The monoisotopic (exact) mass is 413 g/mol. The number of nitrogens with one attached hydrogen (secondary N) is 1. The first kappa shape index (κ1) is 21.0. The summed E-state index contributed by atoms with van der Waals surface area (Å²) in [6.45, 7) is 5.10. The molecule has 1 amide bonds. The molecule has 7 heteroatoms. The number of amides is 1. The highest BCUT2D eigenvalue weighted by Gasteiger charge is 2.13. The molecule has 1 heterocycles. The lowest BCUT2D eigenvalue weighted by atomic mass is 10.1. The summed E-state index contributed by atoms with van der Waals surface area (Å²) in [6, 6.07) is 13.3. The van der Waals surface area contributed by atoms with E-state index in [1.165, 1.54) is 23.9 Å². The first-order chi connectivity index (χ1) is 13.9. The molecule has 0 atom stereocenters. The SMILES string of the molecule is CC(C)CCn1c(SCC(=O)NCc2ccc(F)cc2)nc2ccccc2c1=O. The van der Waals surface area contributed by atoms with E-state index >= 15 is 0 Å². The zero-order chi connectivity index (χ0) is 20.8. The van der Waals surface area contributed by atoms with Gasteiger partial charge in [0, 0.05) is 13.1 Å². The molecule has 1 aromatic heterocycles. The predicted molar refractivity (Wildman–Crippen MR) is 114 cm³/mol. The number of thioether (sulfide) groups is 1. The quantitative estimate of drug-likeness (QED) is 0.448. The Labute approximate surface area is 173 Å². The topological polar surface area (TPSA) is 64.0 Å². The molecule has 29 heavy (non-hydrogen) atoms. The van der Waals surface area contributed by atoms with Crippen molar-refractivity contribution in [3.8, 4) is 0 Å². The summed E-state index contributed by atoms with van der Waals surface area (Å²) >= 11 is 1.25. The minimum atomic E-state index is -0.308. The van der Waals surface area contributed by atoms with Crippen LogP contribution in [0, 0.1) is 11.7 Å². The lowest BCUT2D eigenvalue weighted by molar-refractivity contribution is -0.118. The van der Waals surface area contributed by atoms with Crippen LogP contribution in [0.25, 0.3) is 10.9 Å². The molecule has 0 aliphatic rings. The smallest absolute Gasteiger partial charge is 0.262 e. The fourth-order valence-corrected chi connectivity index (χ4v) is 3.68. The number of hydrogen-bond acceptors (Lipinski definition) is 4. The van der Waals surface area contributed by atoms with Gasteiger partial charge in [0.15, 0.2) is 5.16 Å². The molecule has 0 saturated heterocycles. The number of fused-ring (bicyclic) bond motifs is 1. The van der Waals surface area contributed by atoms with Crippen molar-refractivity contribution in [2.45, 2.75) is 38.5 Å². The zero-order valence-electron chi connectivity index (χ0n) is 16.5. The molecule has 0 bridgehead atoms. The number of carbonyl (C=O) groups excluding carboxylic acids is 1. The van der Waals surface area contributed by atoms with Crippen LogP contribution < -0.4 is 10.9 Å². The highest BCUT2D eigenvalue weighted by molar-refractivity contribution is 7.99. The Morgan fingerprint density at radius 3 is 2.62 bits per heavy atom. The number of aromatic nitrogens is 2. The van der Waals surface area contributed by atoms with Gasteiger partial charge in [0.05, 0.1) is 16.7 Å². The second kappa shape index (κ2) is 9.69.